The molecule has 0 atom stereocenters. The summed E-state index contributed by atoms with van der Waals surface area (Å²) in [6.07, 6.45) is 0. The van der Waals surface area contributed by atoms with Crippen LogP contribution in [0.3, 0.4) is 0 Å². The third-order valence-corrected chi connectivity index (χ3v) is 7.67. The van der Waals surface area contributed by atoms with E-state index in [2.05, 4.69) is 9.88 Å². The number of hydrogen-bond donors (Lipinski definition) is 0. The number of nitrogens with zero attached hydrogens (tertiary/aromatic N) is 4. The van der Waals surface area contributed by atoms with Gasteiger partial charge >= 0.3 is 0 Å². The Labute approximate surface area is 157 Å². The highest BCUT2D eigenvalue weighted by Crippen LogP contribution is 2.27. The number of amides is 1. The Hall–Kier alpha value is -1.97. The van der Waals surface area contributed by atoms with Crippen molar-refractivity contribution < 1.29 is 13.2 Å². The molecule has 1 fully saturated rings. The number of rotatable bonds is 4. The van der Waals surface area contributed by atoms with Crippen LogP contribution in [0.5, 0.6) is 0 Å². The molecule has 2 aromatic rings. The van der Waals surface area contributed by atoms with E-state index in [9.17, 15) is 13.2 Å². The molecule has 1 amide bonds. The summed E-state index contributed by atoms with van der Waals surface area (Å²) in [6, 6.07) is 8.93. The van der Waals surface area contributed by atoms with E-state index in [-0.39, 0.29) is 10.1 Å². The minimum Gasteiger partial charge on any atom is -0.354 e. The number of aromatic nitrogens is 1. The van der Waals surface area contributed by atoms with E-state index in [1.807, 2.05) is 25.1 Å². The molecule has 3 rings (SSSR count). The van der Waals surface area contributed by atoms with Gasteiger partial charge in [0.2, 0.25) is 0 Å². The van der Waals surface area contributed by atoms with Gasteiger partial charge in [-0.3, -0.25) is 4.79 Å². The van der Waals surface area contributed by atoms with Crippen molar-refractivity contribution in [3.8, 4) is 0 Å². The zero-order valence-corrected chi connectivity index (χ0v) is 16.7. The topological polar surface area (TPSA) is 73.8 Å². The number of carbonyl (C=O) groups is 1. The summed E-state index contributed by atoms with van der Waals surface area (Å²) in [5.74, 6) is 0.684. The van der Waals surface area contributed by atoms with E-state index in [0.717, 1.165) is 22.8 Å². The lowest BCUT2D eigenvalue weighted by Crippen LogP contribution is -2.48. The van der Waals surface area contributed by atoms with Crippen LogP contribution in [0.25, 0.3) is 0 Å². The van der Waals surface area contributed by atoms with Gasteiger partial charge in [0, 0.05) is 46.0 Å². The average molecular weight is 395 g/mol. The van der Waals surface area contributed by atoms with Gasteiger partial charge in [0.05, 0.1) is 4.88 Å². The lowest BCUT2D eigenvalue weighted by atomic mass is 10.3. The van der Waals surface area contributed by atoms with Gasteiger partial charge in [0.15, 0.2) is 0 Å². The fourth-order valence-electron chi connectivity index (χ4n) is 2.78. The van der Waals surface area contributed by atoms with Crippen LogP contribution >= 0.6 is 11.3 Å². The number of aryl methyl sites for hydroxylation is 1. The van der Waals surface area contributed by atoms with Crippen molar-refractivity contribution in [3.63, 3.8) is 0 Å². The minimum atomic E-state index is -3.58. The van der Waals surface area contributed by atoms with Crippen molar-refractivity contribution >= 4 is 33.1 Å². The van der Waals surface area contributed by atoms with E-state index in [1.165, 1.54) is 15.3 Å². The first-order valence-corrected chi connectivity index (χ1v) is 10.5. The van der Waals surface area contributed by atoms with Gasteiger partial charge in [-0.15, -0.1) is 11.3 Å². The highest BCUT2D eigenvalue weighted by atomic mass is 32.2. The van der Waals surface area contributed by atoms with Crippen molar-refractivity contribution in [2.75, 3.05) is 45.2 Å². The molecular weight excluding hydrogens is 372 g/mol. The second-order valence-electron chi connectivity index (χ2n) is 6.35. The number of hydrogen-bond acceptors (Lipinski definition) is 6. The van der Waals surface area contributed by atoms with Crippen molar-refractivity contribution in [1.29, 1.82) is 0 Å². The first kappa shape index (κ1) is 18.8. The number of sulfonamides is 1. The predicted octanol–water partition coefficient (Wildman–Crippen LogP) is 1.66. The third kappa shape index (κ3) is 3.74. The van der Waals surface area contributed by atoms with Crippen LogP contribution in [0, 0.1) is 6.92 Å². The van der Waals surface area contributed by atoms with Crippen LogP contribution in [-0.4, -0.2) is 68.8 Å². The summed E-state index contributed by atoms with van der Waals surface area (Å²) < 4.78 is 27.4. The molecule has 1 aliphatic heterocycles. The zero-order valence-electron chi connectivity index (χ0n) is 15.0. The summed E-state index contributed by atoms with van der Waals surface area (Å²) in [7, 11) is -0.285. The highest BCUT2D eigenvalue weighted by Gasteiger charge is 2.30. The van der Waals surface area contributed by atoms with E-state index >= 15 is 0 Å². The van der Waals surface area contributed by atoms with E-state index in [0.29, 0.717) is 31.1 Å². The van der Waals surface area contributed by atoms with E-state index < -0.39 is 10.0 Å². The molecule has 26 heavy (non-hydrogen) atoms. The van der Waals surface area contributed by atoms with E-state index in [1.54, 1.807) is 20.2 Å². The Morgan fingerprint density at radius 2 is 1.81 bits per heavy atom. The minimum absolute atomic E-state index is 0.188. The van der Waals surface area contributed by atoms with Crippen molar-refractivity contribution in [3.05, 3.63) is 40.9 Å². The monoisotopic (exact) mass is 394 g/mol. The Balaban J connectivity index is 1.71. The highest BCUT2D eigenvalue weighted by molar-refractivity contribution is 7.91. The number of piperazine rings is 1. The number of thiophene rings is 1. The fraction of sp³-hybridized carbons (Fsp3) is 0.412. The second-order valence-corrected chi connectivity index (χ2v) is 9.60. The number of carbonyl (C=O) groups excluding carboxylic acids is 1. The first-order valence-electron chi connectivity index (χ1n) is 8.29. The molecule has 0 saturated carbocycles. The smallest absolute Gasteiger partial charge is 0.263 e. The lowest BCUT2D eigenvalue weighted by Gasteiger charge is -2.34. The molecule has 0 aromatic carbocycles. The standard InChI is InChI=1S/C17H22N4O3S2/c1-13-5-4-6-15(18-13)20-9-11-21(12-10-20)26(23,24)16-8-7-14(25-16)17(22)19(2)3/h4-8H,9-12H2,1-3H3. The van der Waals surface area contributed by atoms with Crippen molar-refractivity contribution in [2.24, 2.45) is 0 Å². The molecular formula is C17H22N4O3S2. The Bertz CT molecular complexity index is 900. The lowest BCUT2D eigenvalue weighted by molar-refractivity contribution is 0.0832. The molecule has 0 spiro atoms. The first-order chi connectivity index (χ1) is 12.3. The summed E-state index contributed by atoms with van der Waals surface area (Å²) in [5.41, 5.74) is 0.939. The summed E-state index contributed by atoms with van der Waals surface area (Å²) in [5, 5.41) is 0. The second kappa shape index (κ2) is 7.34. The molecule has 0 unspecified atom stereocenters. The molecule has 0 bridgehead atoms. The molecule has 9 heteroatoms. The maximum atomic E-state index is 12.9. The van der Waals surface area contributed by atoms with Crippen LogP contribution in [0.15, 0.2) is 34.5 Å². The van der Waals surface area contributed by atoms with Gasteiger partial charge in [0.1, 0.15) is 10.0 Å². The molecule has 1 aliphatic rings. The quantitative estimate of drug-likeness (QED) is 0.789. The third-order valence-electron chi connectivity index (χ3n) is 4.23. The number of anilines is 1. The normalized spacial score (nSPS) is 15.9. The van der Waals surface area contributed by atoms with Crippen LogP contribution in [-0.2, 0) is 10.0 Å². The average Bonchev–Trinajstić information content (AvgIpc) is 3.12. The summed E-state index contributed by atoms with van der Waals surface area (Å²) >= 11 is 1.02. The van der Waals surface area contributed by atoms with Gasteiger partial charge in [-0.2, -0.15) is 4.31 Å². The van der Waals surface area contributed by atoms with Gasteiger partial charge < -0.3 is 9.80 Å². The summed E-state index contributed by atoms with van der Waals surface area (Å²) in [4.78, 5) is 20.5. The predicted molar refractivity (Wildman–Crippen MR) is 102 cm³/mol. The maximum Gasteiger partial charge on any atom is 0.263 e. The van der Waals surface area contributed by atoms with Gasteiger partial charge in [-0.1, -0.05) is 6.07 Å². The summed E-state index contributed by atoms with van der Waals surface area (Å²) in [6.45, 7) is 3.91. The fourth-order valence-corrected chi connectivity index (χ4v) is 5.69. The van der Waals surface area contributed by atoms with Gasteiger partial charge in [0.25, 0.3) is 15.9 Å². The van der Waals surface area contributed by atoms with Crippen molar-refractivity contribution in [2.45, 2.75) is 11.1 Å². The van der Waals surface area contributed by atoms with Crippen molar-refractivity contribution in [1.82, 2.24) is 14.2 Å². The molecule has 0 radical (unpaired) electrons. The van der Waals surface area contributed by atoms with E-state index in [4.69, 9.17) is 0 Å². The molecule has 0 aliphatic carbocycles. The maximum absolute atomic E-state index is 12.9. The number of pyridine rings is 1. The Morgan fingerprint density at radius 3 is 2.42 bits per heavy atom. The molecule has 1 saturated heterocycles. The van der Waals surface area contributed by atoms with Crippen LogP contribution in [0.2, 0.25) is 0 Å². The molecule has 0 N–H and O–H groups in total. The van der Waals surface area contributed by atoms with Crippen LogP contribution in [0.1, 0.15) is 15.4 Å². The van der Waals surface area contributed by atoms with Gasteiger partial charge in [-0.25, -0.2) is 13.4 Å². The largest absolute Gasteiger partial charge is 0.354 e. The van der Waals surface area contributed by atoms with Gasteiger partial charge in [-0.05, 0) is 31.2 Å². The molecule has 7 nitrogen and oxygen atoms in total. The zero-order chi connectivity index (χ0) is 18.9. The van der Waals surface area contributed by atoms with Crippen LogP contribution < -0.4 is 4.90 Å². The Kier molecular flexibility index (Phi) is 5.31. The SMILES string of the molecule is Cc1cccc(N2CCN(S(=O)(=O)c3ccc(C(=O)N(C)C)s3)CC2)n1. The molecule has 140 valence electrons. The molecule has 3 heterocycles. The molecule has 2 aromatic heterocycles. The Morgan fingerprint density at radius 1 is 1.12 bits per heavy atom. The van der Waals surface area contributed by atoms with Crippen LogP contribution in [0.4, 0.5) is 5.82 Å².